The number of nitrogens with one attached hydrogen (secondary N) is 1. The summed E-state index contributed by atoms with van der Waals surface area (Å²) in [4.78, 5) is 2.39. The highest BCUT2D eigenvalue weighted by atomic mass is 32.2. The summed E-state index contributed by atoms with van der Waals surface area (Å²) in [6, 6.07) is 0. The minimum atomic E-state index is -3.28. The van der Waals surface area contributed by atoms with Crippen molar-refractivity contribution in [1.29, 1.82) is 0 Å². The largest absolute Gasteiger partial charge is 0.302 e. The lowest BCUT2D eigenvalue weighted by molar-refractivity contribution is 0.143. The van der Waals surface area contributed by atoms with E-state index >= 15 is 0 Å². The van der Waals surface area contributed by atoms with Crippen LogP contribution in [0.4, 0.5) is 0 Å². The van der Waals surface area contributed by atoms with Crippen LogP contribution in [-0.2, 0) is 10.2 Å². The van der Waals surface area contributed by atoms with E-state index in [1.165, 1.54) is 6.42 Å². The summed E-state index contributed by atoms with van der Waals surface area (Å²) >= 11 is 0. The van der Waals surface area contributed by atoms with Crippen LogP contribution >= 0.6 is 0 Å². The van der Waals surface area contributed by atoms with Crippen molar-refractivity contribution in [1.82, 2.24) is 13.9 Å². The normalized spacial score (nSPS) is 30.6. The van der Waals surface area contributed by atoms with Crippen LogP contribution in [-0.4, -0.2) is 56.9 Å². The van der Waals surface area contributed by atoms with Crippen molar-refractivity contribution >= 4 is 10.2 Å². The van der Waals surface area contributed by atoms with E-state index in [1.807, 2.05) is 0 Å². The SMILES string of the molecule is CC1CCN(S(=O)(=O)NCCN2C[C@H](C)C[C@@H](C)C2)CC1. The summed E-state index contributed by atoms with van der Waals surface area (Å²) in [5, 5.41) is 0. The zero-order chi connectivity index (χ0) is 15.5. The van der Waals surface area contributed by atoms with Crippen molar-refractivity contribution in [2.75, 3.05) is 39.3 Å². The first-order chi connectivity index (χ1) is 9.87. The highest BCUT2D eigenvalue weighted by Gasteiger charge is 2.26. The maximum absolute atomic E-state index is 12.3. The molecule has 1 N–H and O–H groups in total. The van der Waals surface area contributed by atoms with Crippen LogP contribution in [0.1, 0.15) is 40.0 Å². The van der Waals surface area contributed by atoms with Crippen LogP contribution in [0.3, 0.4) is 0 Å². The smallest absolute Gasteiger partial charge is 0.279 e. The average molecular weight is 317 g/mol. The molecular formula is C15H31N3O2S. The minimum absolute atomic E-state index is 0.522. The fourth-order valence-electron chi connectivity index (χ4n) is 3.62. The molecule has 0 bridgehead atoms. The summed E-state index contributed by atoms with van der Waals surface area (Å²) in [6.07, 6.45) is 3.23. The number of rotatable bonds is 5. The Hall–Kier alpha value is -0.170. The molecule has 0 aromatic carbocycles. The van der Waals surface area contributed by atoms with Crippen molar-refractivity contribution in [2.24, 2.45) is 17.8 Å². The lowest BCUT2D eigenvalue weighted by atomic mass is 9.92. The van der Waals surface area contributed by atoms with Crippen molar-refractivity contribution in [3.05, 3.63) is 0 Å². The second-order valence-corrected chi connectivity index (χ2v) is 8.94. The lowest BCUT2D eigenvalue weighted by Gasteiger charge is -2.35. The fourth-order valence-corrected chi connectivity index (χ4v) is 4.85. The van der Waals surface area contributed by atoms with Crippen LogP contribution in [0.25, 0.3) is 0 Å². The molecule has 0 aromatic heterocycles. The van der Waals surface area contributed by atoms with Crippen molar-refractivity contribution in [3.63, 3.8) is 0 Å². The van der Waals surface area contributed by atoms with Gasteiger partial charge in [-0.1, -0.05) is 20.8 Å². The van der Waals surface area contributed by atoms with Gasteiger partial charge in [0.2, 0.25) is 0 Å². The third-order valence-corrected chi connectivity index (χ3v) is 6.35. The summed E-state index contributed by atoms with van der Waals surface area (Å²) in [5.41, 5.74) is 0. The average Bonchev–Trinajstić information content (AvgIpc) is 2.37. The van der Waals surface area contributed by atoms with Gasteiger partial charge in [0.05, 0.1) is 0 Å². The first kappa shape index (κ1) is 17.2. The Labute approximate surface area is 130 Å². The molecule has 5 nitrogen and oxygen atoms in total. The molecule has 2 aliphatic rings. The molecule has 0 aliphatic carbocycles. The standard InChI is InChI=1S/C15H31N3O2S/c1-13-4-7-18(8-5-13)21(19,20)16-6-9-17-11-14(2)10-15(3)12-17/h13-16H,4-12H2,1-3H3/t14-,15-/m1/s1. The molecule has 0 saturated carbocycles. The number of hydrogen-bond acceptors (Lipinski definition) is 3. The monoisotopic (exact) mass is 317 g/mol. The van der Waals surface area contributed by atoms with Crippen molar-refractivity contribution in [2.45, 2.75) is 40.0 Å². The van der Waals surface area contributed by atoms with Crippen molar-refractivity contribution < 1.29 is 8.42 Å². The summed E-state index contributed by atoms with van der Waals surface area (Å²) in [6.45, 7) is 11.6. The van der Waals surface area contributed by atoms with Crippen LogP contribution in [0.5, 0.6) is 0 Å². The molecule has 2 heterocycles. The van der Waals surface area contributed by atoms with Gasteiger partial charge in [-0.2, -0.15) is 12.7 Å². The van der Waals surface area contributed by atoms with Crippen LogP contribution in [0.2, 0.25) is 0 Å². The van der Waals surface area contributed by atoms with Gasteiger partial charge in [-0.25, -0.2) is 4.72 Å². The molecule has 2 fully saturated rings. The molecule has 2 atom stereocenters. The van der Waals surface area contributed by atoms with Crippen LogP contribution < -0.4 is 4.72 Å². The van der Waals surface area contributed by atoms with Gasteiger partial charge in [0, 0.05) is 39.3 Å². The molecule has 0 aromatic rings. The molecule has 21 heavy (non-hydrogen) atoms. The lowest BCUT2D eigenvalue weighted by Crippen LogP contribution is -2.48. The van der Waals surface area contributed by atoms with Gasteiger partial charge in [0.25, 0.3) is 10.2 Å². The Bertz CT molecular complexity index is 409. The van der Waals surface area contributed by atoms with Crippen molar-refractivity contribution in [3.8, 4) is 0 Å². The maximum Gasteiger partial charge on any atom is 0.279 e. The Morgan fingerprint density at radius 1 is 1.00 bits per heavy atom. The summed E-state index contributed by atoms with van der Waals surface area (Å²) in [5.74, 6) is 2.08. The van der Waals surface area contributed by atoms with Gasteiger partial charge in [-0.05, 0) is 37.0 Å². The molecule has 0 radical (unpaired) electrons. The molecule has 2 rings (SSSR count). The first-order valence-electron chi connectivity index (χ1n) is 8.34. The summed E-state index contributed by atoms with van der Waals surface area (Å²) < 4.78 is 28.9. The van der Waals surface area contributed by atoms with Gasteiger partial charge < -0.3 is 4.90 Å². The quantitative estimate of drug-likeness (QED) is 0.837. The van der Waals surface area contributed by atoms with Gasteiger partial charge >= 0.3 is 0 Å². The highest BCUT2D eigenvalue weighted by molar-refractivity contribution is 7.87. The van der Waals surface area contributed by atoms with E-state index in [0.29, 0.717) is 37.4 Å². The topological polar surface area (TPSA) is 52.7 Å². The molecule has 2 aliphatic heterocycles. The Morgan fingerprint density at radius 3 is 2.14 bits per heavy atom. The molecular weight excluding hydrogens is 286 g/mol. The number of piperidine rings is 2. The van der Waals surface area contributed by atoms with E-state index in [0.717, 1.165) is 32.5 Å². The maximum atomic E-state index is 12.3. The molecule has 6 heteroatoms. The molecule has 124 valence electrons. The van der Waals surface area contributed by atoms with Crippen LogP contribution in [0, 0.1) is 17.8 Å². The highest BCUT2D eigenvalue weighted by Crippen LogP contribution is 2.20. The van der Waals surface area contributed by atoms with Gasteiger partial charge in [-0.3, -0.25) is 0 Å². The zero-order valence-electron chi connectivity index (χ0n) is 13.7. The molecule has 0 amide bonds. The van der Waals surface area contributed by atoms with E-state index in [-0.39, 0.29) is 0 Å². The predicted molar refractivity (Wildman–Crippen MR) is 86.3 cm³/mol. The third kappa shape index (κ3) is 5.20. The van der Waals surface area contributed by atoms with E-state index in [4.69, 9.17) is 0 Å². The van der Waals surface area contributed by atoms with E-state index in [9.17, 15) is 8.42 Å². The fraction of sp³-hybridized carbons (Fsp3) is 1.00. The van der Waals surface area contributed by atoms with Gasteiger partial charge in [0.15, 0.2) is 0 Å². The number of likely N-dealkylation sites (tertiary alicyclic amines) is 1. The van der Waals surface area contributed by atoms with E-state index < -0.39 is 10.2 Å². The van der Waals surface area contributed by atoms with Gasteiger partial charge in [-0.15, -0.1) is 0 Å². The summed E-state index contributed by atoms with van der Waals surface area (Å²) in [7, 11) is -3.28. The molecule has 0 unspecified atom stereocenters. The van der Waals surface area contributed by atoms with E-state index in [2.05, 4.69) is 30.4 Å². The number of hydrogen-bond donors (Lipinski definition) is 1. The predicted octanol–water partition coefficient (Wildman–Crippen LogP) is 1.53. The Balaban J connectivity index is 1.74. The molecule has 0 spiro atoms. The van der Waals surface area contributed by atoms with Gasteiger partial charge in [0.1, 0.15) is 0 Å². The van der Waals surface area contributed by atoms with E-state index in [1.54, 1.807) is 4.31 Å². The molecule has 2 saturated heterocycles. The first-order valence-corrected chi connectivity index (χ1v) is 9.78. The van der Waals surface area contributed by atoms with Crippen LogP contribution in [0.15, 0.2) is 0 Å². The number of nitrogens with zero attached hydrogens (tertiary/aromatic N) is 2. The third-order valence-electron chi connectivity index (χ3n) is 4.74. The Kier molecular flexibility index (Phi) is 6.05. The second kappa shape index (κ2) is 7.40. The Morgan fingerprint density at radius 2 is 1.57 bits per heavy atom. The second-order valence-electron chi connectivity index (χ2n) is 7.19. The minimum Gasteiger partial charge on any atom is -0.302 e. The zero-order valence-corrected chi connectivity index (χ0v) is 14.5.